The number of hydrogen-bond acceptors (Lipinski definition) is 5. The predicted octanol–water partition coefficient (Wildman–Crippen LogP) is 2.81. The summed E-state index contributed by atoms with van der Waals surface area (Å²) in [6.07, 6.45) is 2.20. The highest BCUT2D eigenvalue weighted by molar-refractivity contribution is 5.79. The van der Waals surface area contributed by atoms with E-state index >= 15 is 0 Å². The minimum Gasteiger partial charge on any atom is -0.459 e. The van der Waals surface area contributed by atoms with Crippen molar-refractivity contribution in [3.8, 4) is 0 Å². The average molecular weight is 339 g/mol. The number of carbonyl (C=O) groups excluding carboxylic acids is 1. The van der Waals surface area contributed by atoms with Gasteiger partial charge in [-0.3, -0.25) is 4.79 Å². The number of fused-ring (bicyclic) bond motifs is 1. The van der Waals surface area contributed by atoms with Crippen LogP contribution >= 0.6 is 0 Å². The van der Waals surface area contributed by atoms with Gasteiger partial charge in [-0.1, -0.05) is 32.0 Å². The quantitative estimate of drug-likeness (QED) is 0.746. The molecular weight excluding hydrogens is 318 g/mol. The number of nitrogens with one attached hydrogen (secondary N) is 1. The molecule has 1 aliphatic rings. The molecule has 7 nitrogen and oxygen atoms in total. The molecule has 0 aliphatic heterocycles. The first-order valence-electron chi connectivity index (χ1n) is 8.65. The van der Waals surface area contributed by atoms with Crippen molar-refractivity contribution < 1.29 is 9.21 Å². The van der Waals surface area contributed by atoms with Gasteiger partial charge in [0.2, 0.25) is 5.91 Å². The van der Waals surface area contributed by atoms with E-state index in [1.165, 1.54) is 0 Å². The van der Waals surface area contributed by atoms with Crippen molar-refractivity contribution in [2.45, 2.75) is 45.2 Å². The van der Waals surface area contributed by atoms with Crippen LogP contribution in [-0.2, 0) is 11.3 Å². The van der Waals surface area contributed by atoms with E-state index in [2.05, 4.69) is 20.8 Å². The first-order chi connectivity index (χ1) is 12.1. The summed E-state index contributed by atoms with van der Waals surface area (Å²) in [4.78, 5) is 12.5. The molecule has 2 aromatic heterocycles. The van der Waals surface area contributed by atoms with Crippen LogP contribution in [0.4, 0.5) is 0 Å². The van der Waals surface area contributed by atoms with Gasteiger partial charge in [0.15, 0.2) is 5.82 Å². The second-order valence-corrected chi connectivity index (χ2v) is 6.92. The Kier molecular flexibility index (Phi) is 3.99. The van der Waals surface area contributed by atoms with Crippen molar-refractivity contribution in [1.29, 1.82) is 0 Å². The fraction of sp³-hybridized carbons (Fsp3) is 0.444. The van der Waals surface area contributed by atoms with E-state index in [9.17, 15) is 4.79 Å². The maximum absolute atomic E-state index is 12.5. The van der Waals surface area contributed by atoms with Gasteiger partial charge in [0, 0.05) is 11.3 Å². The molecule has 1 aromatic carbocycles. The third-order valence-corrected chi connectivity index (χ3v) is 4.53. The Bertz CT molecular complexity index is 861. The zero-order valence-electron chi connectivity index (χ0n) is 14.3. The zero-order valence-corrected chi connectivity index (χ0v) is 14.3. The molecule has 1 fully saturated rings. The van der Waals surface area contributed by atoms with Crippen LogP contribution < -0.4 is 5.32 Å². The van der Waals surface area contributed by atoms with Crippen LogP contribution in [-0.4, -0.2) is 26.1 Å². The standard InChI is InChI=1S/C18H21N5O2/c1-11(2)18-20-21-22-23(18)10-16(24)19-17(12-7-8-12)15-9-13-5-3-4-6-14(13)25-15/h3-6,9,11-12,17H,7-8,10H2,1-2H3,(H,19,24)/t17-/m1/s1. The summed E-state index contributed by atoms with van der Waals surface area (Å²) in [6.45, 7) is 4.12. The zero-order chi connectivity index (χ0) is 17.4. The molecule has 0 spiro atoms. The molecule has 0 saturated heterocycles. The summed E-state index contributed by atoms with van der Waals surface area (Å²) in [5.74, 6) is 2.02. The Morgan fingerprint density at radius 1 is 1.36 bits per heavy atom. The Morgan fingerprint density at radius 3 is 2.88 bits per heavy atom. The van der Waals surface area contributed by atoms with E-state index in [4.69, 9.17) is 4.42 Å². The summed E-state index contributed by atoms with van der Waals surface area (Å²) in [5, 5.41) is 15.8. The monoisotopic (exact) mass is 339 g/mol. The Balaban J connectivity index is 1.52. The van der Waals surface area contributed by atoms with Crippen molar-refractivity contribution in [3.05, 3.63) is 41.9 Å². The second-order valence-electron chi connectivity index (χ2n) is 6.92. The molecule has 0 radical (unpaired) electrons. The van der Waals surface area contributed by atoms with Gasteiger partial charge < -0.3 is 9.73 Å². The summed E-state index contributed by atoms with van der Waals surface area (Å²) in [7, 11) is 0. The van der Waals surface area contributed by atoms with Gasteiger partial charge >= 0.3 is 0 Å². The molecule has 1 atom stereocenters. The normalized spacial score (nSPS) is 15.6. The van der Waals surface area contributed by atoms with Gasteiger partial charge in [-0.2, -0.15) is 0 Å². The SMILES string of the molecule is CC(C)c1nnnn1CC(=O)N[C@@H](c1cc2ccccc2o1)C1CC1. The van der Waals surface area contributed by atoms with Crippen molar-refractivity contribution in [3.63, 3.8) is 0 Å². The van der Waals surface area contributed by atoms with E-state index < -0.39 is 0 Å². The Morgan fingerprint density at radius 2 is 2.16 bits per heavy atom. The van der Waals surface area contributed by atoms with Crippen LogP contribution in [0, 0.1) is 5.92 Å². The van der Waals surface area contributed by atoms with Gasteiger partial charge in [-0.05, 0) is 41.3 Å². The minimum atomic E-state index is -0.105. The molecule has 7 heteroatoms. The molecule has 1 saturated carbocycles. The van der Waals surface area contributed by atoms with Crippen LogP contribution in [0.15, 0.2) is 34.7 Å². The van der Waals surface area contributed by atoms with Gasteiger partial charge in [0.05, 0.1) is 6.04 Å². The highest BCUT2D eigenvalue weighted by atomic mass is 16.3. The molecular formula is C18H21N5O2. The lowest BCUT2D eigenvalue weighted by molar-refractivity contribution is -0.123. The molecule has 0 bridgehead atoms. The van der Waals surface area contributed by atoms with E-state index in [1.807, 2.05) is 44.2 Å². The molecule has 1 N–H and O–H groups in total. The number of benzene rings is 1. The molecule has 3 aromatic rings. The number of nitrogens with zero attached hydrogens (tertiary/aromatic N) is 4. The number of rotatable bonds is 6. The Hall–Kier alpha value is -2.70. The molecule has 1 amide bonds. The summed E-state index contributed by atoms with van der Waals surface area (Å²) in [6, 6.07) is 9.82. The van der Waals surface area contributed by atoms with Gasteiger partial charge in [-0.15, -0.1) is 5.10 Å². The number of para-hydroxylation sites is 1. The lowest BCUT2D eigenvalue weighted by Crippen LogP contribution is -2.33. The summed E-state index contributed by atoms with van der Waals surface area (Å²) in [5.41, 5.74) is 0.847. The van der Waals surface area contributed by atoms with E-state index in [0.717, 1.165) is 29.6 Å². The van der Waals surface area contributed by atoms with Gasteiger partial charge in [0.25, 0.3) is 0 Å². The minimum absolute atomic E-state index is 0.0983. The summed E-state index contributed by atoms with van der Waals surface area (Å²) < 4.78 is 7.53. The molecule has 25 heavy (non-hydrogen) atoms. The molecule has 4 rings (SSSR count). The van der Waals surface area contributed by atoms with Crippen LogP contribution in [0.25, 0.3) is 11.0 Å². The first kappa shape index (κ1) is 15.8. The lowest BCUT2D eigenvalue weighted by atomic mass is 10.1. The summed E-state index contributed by atoms with van der Waals surface area (Å²) >= 11 is 0. The highest BCUT2D eigenvalue weighted by Gasteiger charge is 2.35. The van der Waals surface area contributed by atoms with Gasteiger partial charge in [-0.25, -0.2) is 4.68 Å². The van der Waals surface area contributed by atoms with Crippen molar-refractivity contribution in [1.82, 2.24) is 25.5 Å². The highest BCUT2D eigenvalue weighted by Crippen LogP contribution is 2.42. The molecule has 2 heterocycles. The van der Waals surface area contributed by atoms with E-state index in [-0.39, 0.29) is 24.4 Å². The largest absolute Gasteiger partial charge is 0.459 e. The van der Waals surface area contributed by atoms with Crippen LogP contribution in [0.3, 0.4) is 0 Å². The predicted molar refractivity (Wildman–Crippen MR) is 91.7 cm³/mol. The average Bonchev–Trinajstić information content (AvgIpc) is 3.16. The number of aromatic nitrogens is 4. The molecule has 130 valence electrons. The van der Waals surface area contributed by atoms with E-state index in [0.29, 0.717) is 11.7 Å². The smallest absolute Gasteiger partial charge is 0.242 e. The maximum Gasteiger partial charge on any atom is 0.242 e. The molecule has 1 aliphatic carbocycles. The van der Waals surface area contributed by atoms with E-state index in [1.54, 1.807) is 4.68 Å². The number of hydrogen-bond donors (Lipinski definition) is 1. The molecule has 0 unspecified atom stereocenters. The fourth-order valence-electron chi connectivity index (χ4n) is 3.10. The fourth-order valence-corrected chi connectivity index (χ4v) is 3.10. The third kappa shape index (κ3) is 3.26. The van der Waals surface area contributed by atoms with Gasteiger partial charge in [0.1, 0.15) is 17.9 Å². The Labute approximate surface area is 145 Å². The third-order valence-electron chi connectivity index (χ3n) is 4.53. The number of furan rings is 1. The number of tetrazole rings is 1. The van der Waals surface area contributed by atoms with Crippen molar-refractivity contribution >= 4 is 16.9 Å². The first-order valence-corrected chi connectivity index (χ1v) is 8.65. The van der Waals surface area contributed by atoms with Crippen molar-refractivity contribution in [2.24, 2.45) is 5.92 Å². The lowest BCUT2D eigenvalue weighted by Gasteiger charge is -2.16. The van der Waals surface area contributed by atoms with Crippen molar-refractivity contribution in [2.75, 3.05) is 0 Å². The maximum atomic E-state index is 12.5. The topological polar surface area (TPSA) is 85.8 Å². The van der Waals surface area contributed by atoms with Crippen LogP contribution in [0.5, 0.6) is 0 Å². The number of amides is 1. The van der Waals surface area contributed by atoms with Crippen LogP contribution in [0.1, 0.15) is 50.2 Å². The second kappa shape index (κ2) is 6.31. The number of carbonyl (C=O) groups is 1. The van der Waals surface area contributed by atoms with Crippen LogP contribution in [0.2, 0.25) is 0 Å².